The fraction of sp³-hybridized carbons (Fsp3) is 0.174. The highest BCUT2D eigenvalue weighted by atomic mass is 16.1. The fourth-order valence-electron chi connectivity index (χ4n) is 3.94. The second kappa shape index (κ2) is 6.93. The molecule has 138 valence electrons. The summed E-state index contributed by atoms with van der Waals surface area (Å²) < 4.78 is 0. The first-order valence-corrected chi connectivity index (χ1v) is 9.57. The lowest BCUT2D eigenvalue weighted by Gasteiger charge is -2.26. The van der Waals surface area contributed by atoms with Crippen LogP contribution < -0.4 is 5.32 Å². The lowest BCUT2D eigenvalue weighted by molar-refractivity contribution is 0.0933. The minimum absolute atomic E-state index is 0.0545. The van der Waals surface area contributed by atoms with Gasteiger partial charge in [0.05, 0.1) is 17.1 Å². The summed E-state index contributed by atoms with van der Waals surface area (Å²) in [5, 5.41) is 3.21. The SMILES string of the molecule is O=C(N[C@@H]1CCCc2ccccc21)c1ccc2nc(-c3cccnc3)[nH]c2c1. The topological polar surface area (TPSA) is 70.7 Å². The molecule has 2 aromatic heterocycles. The third-order valence-electron chi connectivity index (χ3n) is 5.35. The predicted octanol–water partition coefficient (Wildman–Crippen LogP) is 4.43. The van der Waals surface area contributed by atoms with E-state index in [4.69, 9.17) is 0 Å². The van der Waals surface area contributed by atoms with Crippen molar-refractivity contribution >= 4 is 16.9 Å². The molecule has 0 saturated carbocycles. The van der Waals surface area contributed by atoms with Crippen molar-refractivity contribution in [2.75, 3.05) is 0 Å². The predicted molar refractivity (Wildman–Crippen MR) is 109 cm³/mol. The van der Waals surface area contributed by atoms with Crippen LogP contribution in [0.1, 0.15) is 40.4 Å². The summed E-state index contributed by atoms with van der Waals surface area (Å²) in [6.07, 6.45) is 6.65. The first-order valence-electron chi connectivity index (χ1n) is 9.57. The molecule has 0 spiro atoms. The Hall–Kier alpha value is -3.47. The number of amides is 1. The van der Waals surface area contributed by atoms with Gasteiger partial charge >= 0.3 is 0 Å². The second-order valence-corrected chi connectivity index (χ2v) is 7.18. The Morgan fingerprint density at radius 1 is 1.11 bits per heavy atom. The van der Waals surface area contributed by atoms with Gasteiger partial charge in [-0.1, -0.05) is 24.3 Å². The number of nitrogens with zero attached hydrogens (tertiary/aromatic N) is 2. The molecule has 5 heteroatoms. The Kier molecular flexibility index (Phi) is 4.13. The van der Waals surface area contributed by atoms with Crippen LogP contribution in [-0.2, 0) is 6.42 Å². The van der Waals surface area contributed by atoms with Crippen LogP contribution in [0.4, 0.5) is 0 Å². The number of H-pyrrole nitrogens is 1. The summed E-state index contributed by atoms with van der Waals surface area (Å²) in [5.41, 5.74) is 5.81. The Bertz CT molecular complexity index is 1150. The highest BCUT2D eigenvalue weighted by Crippen LogP contribution is 2.30. The van der Waals surface area contributed by atoms with Gasteiger partial charge in [-0.15, -0.1) is 0 Å². The fourth-order valence-corrected chi connectivity index (χ4v) is 3.94. The van der Waals surface area contributed by atoms with Crippen molar-refractivity contribution in [3.05, 3.63) is 83.7 Å². The van der Waals surface area contributed by atoms with Crippen LogP contribution in [0.15, 0.2) is 67.0 Å². The molecule has 1 atom stereocenters. The zero-order valence-corrected chi connectivity index (χ0v) is 15.4. The van der Waals surface area contributed by atoms with Crippen LogP contribution >= 0.6 is 0 Å². The molecule has 5 rings (SSSR count). The van der Waals surface area contributed by atoms with Gasteiger partial charge in [-0.25, -0.2) is 4.98 Å². The summed E-state index contributed by atoms with van der Waals surface area (Å²) in [6, 6.07) is 17.9. The van der Waals surface area contributed by atoms with Crippen molar-refractivity contribution in [2.45, 2.75) is 25.3 Å². The molecule has 0 fully saturated rings. The molecular weight excluding hydrogens is 348 g/mol. The Labute approximate surface area is 162 Å². The first-order chi connectivity index (χ1) is 13.8. The number of aryl methyl sites for hydroxylation is 1. The maximum atomic E-state index is 12.9. The van der Waals surface area contributed by atoms with Crippen molar-refractivity contribution < 1.29 is 4.79 Å². The van der Waals surface area contributed by atoms with E-state index in [0.29, 0.717) is 5.56 Å². The van der Waals surface area contributed by atoms with Crippen LogP contribution in [0.2, 0.25) is 0 Å². The molecule has 0 radical (unpaired) electrons. The van der Waals surface area contributed by atoms with Crippen LogP contribution in [0.3, 0.4) is 0 Å². The van der Waals surface area contributed by atoms with E-state index < -0.39 is 0 Å². The average molecular weight is 368 g/mol. The molecule has 0 aliphatic heterocycles. The van der Waals surface area contributed by atoms with Crippen LogP contribution in [-0.4, -0.2) is 20.9 Å². The quantitative estimate of drug-likeness (QED) is 0.562. The number of hydrogen-bond donors (Lipinski definition) is 2. The van der Waals surface area contributed by atoms with E-state index in [2.05, 4.69) is 38.5 Å². The standard InChI is InChI=1S/C23H20N4O/c28-23(27-19-9-3-6-15-5-1-2-8-18(15)19)16-10-11-20-21(13-16)26-22(25-20)17-7-4-12-24-14-17/h1-2,4-5,7-8,10-14,19H,3,6,9H2,(H,25,26)(H,27,28)/t19-/m1/s1. The van der Waals surface area contributed by atoms with E-state index in [-0.39, 0.29) is 11.9 Å². The molecule has 2 heterocycles. The van der Waals surface area contributed by atoms with E-state index in [1.807, 2.05) is 36.4 Å². The van der Waals surface area contributed by atoms with E-state index in [1.165, 1.54) is 11.1 Å². The molecule has 4 aromatic rings. The van der Waals surface area contributed by atoms with Gasteiger partial charge in [0.1, 0.15) is 5.82 Å². The van der Waals surface area contributed by atoms with E-state index in [1.54, 1.807) is 12.4 Å². The number of carbonyl (C=O) groups is 1. The van der Waals surface area contributed by atoms with Gasteiger partial charge in [0.2, 0.25) is 0 Å². The molecular formula is C23H20N4O. The maximum absolute atomic E-state index is 12.9. The maximum Gasteiger partial charge on any atom is 0.251 e. The smallest absolute Gasteiger partial charge is 0.251 e. The number of pyridine rings is 1. The van der Waals surface area contributed by atoms with Gasteiger partial charge in [-0.2, -0.15) is 0 Å². The number of fused-ring (bicyclic) bond motifs is 2. The van der Waals surface area contributed by atoms with E-state index in [0.717, 1.165) is 41.7 Å². The summed E-state index contributed by atoms with van der Waals surface area (Å²) in [5.74, 6) is 0.697. The number of hydrogen-bond acceptors (Lipinski definition) is 3. The van der Waals surface area contributed by atoms with Crippen LogP contribution in [0.25, 0.3) is 22.4 Å². The molecule has 0 unspecified atom stereocenters. The Morgan fingerprint density at radius 3 is 2.93 bits per heavy atom. The number of rotatable bonds is 3. The number of carbonyl (C=O) groups excluding carboxylic acids is 1. The van der Waals surface area contributed by atoms with Crippen molar-refractivity contribution in [3.8, 4) is 11.4 Å². The molecule has 28 heavy (non-hydrogen) atoms. The van der Waals surface area contributed by atoms with E-state index in [9.17, 15) is 4.79 Å². The number of nitrogens with one attached hydrogen (secondary N) is 2. The van der Waals surface area contributed by atoms with Crippen molar-refractivity contribution in [3.63, 3.8) is 0 Å². The third-order valence-corrected chi connectivity index (χ3v) is 5.35. The molecule has 0 bridgehead atoms. The van der Waals surface area contributed by atoms with Gasteiger partial charge in [0.25, 0.3) is 5.91 Å². The first kappa shape index (κ1) is 16.7. The third kappa shape index (κ3) is 3.05. The molecule has 1 amide bonds. The molecule has 1 aliphatic rings. The molecule has 2 N–H and O–H groups in total. The minimum atomic E-state index is -0.0545. The largest absolute Gasteiger partial charge is 0.345 e. The monoisotopic (exact) mass is 368 g/mol. The van der Waals surface area contributed by atoms with E-state index >= 15 is 0 Å². The minimum Gasteiger partial charge on any atom is -0.345 e. The van der Waals surface area contributed by atoms with Gasteiger partial charge in [-0.05, 0) is 60.7 Å². The zero-order valence-electron chi connectivity index (χ0n) is 15.4. The van der Waals surface area contributed by atoms with Crippen LogP contribution in [0, 0.1) is 0 Å². The molecule has 1 aliphatic carbocycles. The van der Waals surface area contributed by atoms with Gasteiger partial charge < -0.3 is 10.3 Å². The lowest BCUT2D eigenvalue weighted by atomic mass is 9.87. The molecule has 2 aromatic carbocycles. The average Bonchev–Trinajstić information content (AvgIpc) is 3.18. The highest BCUT2D eigenvalue weighted by molar-refractivity contribution is 5.98. The Balaban J connectivity index is 1.41. The second-order valence-electron chi connectivity index (χ2n) is 7.18. The molecule has 0 saturated heterocycles. The van der Waals surface area contributed by atoms with Crippen molar-refractivity contribution in [1.82, 2.24) is 20.3 Å². The summed E-state index contributed by atoms with van der Waals surface area (Å²) in [6.45, 7) is 0. The Morgan fingerprint density at radius 2 is 2.04 bits per heavy atom. The summed E-state index contributed by atoms with van der Waals surface area (Å²) in [4.78, 5) is 24.9. The van der Waals surface area contributed by atoms with Gasteiger partial charge in [0.15, 0.2) is 0 Å². The summed E-state index contributed by atoms with van der Waals surface area (Å²) >= 11 is 0. The van der Waals surface area contributed by atoms with Crippen molar-refractivity contribution in [2.24, 2.45) is 0 Å². The van der Waals surface area contributed by atoms with Gasteiger partial charge in [0, 0.05) is 23.5 Å². The molecule has 5 nitrogen and oxygen atoms in total. The van der Waals surface area contributed by atoms with Crippen LogP contribution in [0.5, 0.6) is 0 Å². The number of benzene rings is 2. The number of aromatic nitrogens is 3. The number of aromatic amines is 1. The lowest BCUT2D eigenvalue weighted by Crippen LogP contribution is -2.30. The highest BCUT2D eigenvalue weighted by Gasteiger charge is 2.22. The number of imidazole rings is 1. The zero-order chi connectivity index (χ0) is 18.9. The summed E-state index contributed by atoms with van der Waals surface area (Å²) in [7, 11) is 0. The van der Waals surface area contributed by atoms with Gasteiger partial charge in [-0.3, -0.25) is 9.78 Å². The normalized spacial score (nSPS) is 15.9. The van der Waals surface area contributed by atoms with Crippen molar-refractivity contribution in [1.29, 1.82) is 0 Å².